The molecule has 0 radical (unpaired) electrons. The Hall–Kier alpha value is -3.27. The number of benzene rings is 2. The van der Waals surface area contributed by atoms with Crippen molar-refractivity contribution in [3.63, 3.8) is 0 Å². The van der Waals surface area contributed by atoms with Crippen molar-refractivity contribution < 1.29 is 18.0 Å². The van der Waals surface area contributed by atoms with E-state index in [1.807, 2.05) is 32.9 Å². The predicted molar refractivity (Wildman–Crippen MR) is 98.0 cm³/mol. The highest BCUT2D eigenvalue weighted by molar-refractivity contribution is 6.07. The molecule has 140 valence electrons. The smallest absolute Gasteiger partial charge is 0.360 e. The van der Waals surface area contributed by atoms with Crippen molar-refractivity contribution in [1.82, 2.24) is 0 Å². The van der Waals surface area contributed by atoms with Gasteiger partial charge in [0.15, 0.2) is 0 Å². The molecule has 4 nitrogen and oxygen atoms in total. The van der Waals surface area contributed by atoms with Crippen LogP contribution in [0.15, 0.2) is 48.2 Å². The summed E-state index contributed by atoms with van der Waals surface area (Å²) in [7, 11) is 0. The Labute approximate surface area is 155 Å². The van der Waals surface area contributed by atoms with Crippen LogP contribution in [-0.4, -0.2) is 5.91 Å². The lowest BCUT2D eigenvalue weighted by Gasteiger charge is -2.14. The molecule has 0 aliphatic carbocycles. The van der Waals surface area contributed by atoms with E-state index >= 15 is 0 Å². The summed E-state index contributed by atoms with van der Waals surface area (Å²) in [6, 6.07) is 10.3. The van der Waals surface area contributed by atoms with Crippen LogP contribution in [0.4, 0.5) is 24.5 Å². The van der Waals surface area contributed by atoms with Crippen LogP contribution in [0.5, 0.6) is 0 Å². The number of amides is 1. The zero-order chi connectivity index (χ0) is 20.2. The van der Waals surface area contributed by atoms with Gasteiger partial charge in [-0.2, -0.15) is 18.4 Å². The van der Waals surface area contributed by atoms with Crippen molar-refractivity contribution in [1.29, 1.82) is 5.26 Å². The van der Waals surface area contributed by atoms with Crippen LogP contribution in [-0.2, 0) is 11.0 Å². The van der Waals surface area contributed by atoms with Crippen LogP contribution in [0.3, 0.4) is 0 Å². The molecule has 2 aromatic rings. The molecule has 0 heterocycles. The molecule has 0 saturated heterocycles. The average Bonchev–Trinajstić information content (AvgIpc) is 2.58. The third kappa shape index (κ3) is 4.88. The molecule has 1 amide bonds. The number of para-hydroxylation sites is 1. The van der Waals surface area contributed by atoms with E-state index in [2.05, 4.69) is 10.6 Å². The van der Waals surface area contributed by atoms with Gasteiger partial charge in [-0.1, -0.05) is 29.8 Å². The fraction of sp³-hybridized carbons (Fsp3) is 0.200. The molecule has 2 aromatic carbocycles. The topological polar surface area (TPSA) is 64.9 Å². The SMILES string of the molecule is Cc1cc(C)c(NC(=O)/C(C#N)=C\Nc2ccccc2C(F)(F)F)c(C)c1. The maximum Gasteiger partial charge on any atom is 0.418 e. The fourth-order valence-electron chi connectivity index (χ4n) is 2.71. The molecule has 0 spiro atoms. The van der Waals surface area contributed by atoms with Crippen molar-refractivity contribution in [2.24, 2.45) is 0 Å². The second-order valence-electron chi connectivity index (χ2n) is 6.09. The van der Waals surface area contributed by atoms with Gasteiger partial charge in [-0.25, -0.2) is 0 Å². The minimum absolute atomic E-state index is 0.242. The van der Waals surface area contributed by atoms with Gasteiger partial charge in [-0.05, 0) is 44.0 Å². The molecule has 0 aromatic heterocycles. The Kier molecular flexibility index (Phi) is 5.91. The first kappa shape index (κ1) is 20.0. The van der Waals surface area contributed by atoms with E-state index in [0.29, 0.717) is 5.69 Å². The number of anilines is 2. The number of hydrogen-bond acceptors (Lipinski definition) is 3. The molecule has 0 atom stereocenters. The van der Waals surface area contributed by atoms with E-state index in [1.165, 1.54) is 18.2 Å². The van der Waals surface area contributed by atoms with Crippen LogP contribution in [0.25, 0.3) is 0 Å². The first-order valence-corrected chi connectivity index (χ1v) is 8.05. The van der Waals surface area contributed by atoms with Gasteiger partial charge in [0, 0.05) is 11.9 Å². The van der Waals surface area contributed by atoms with Gasteiger partial charge in [0.25, 0.3) is 5.91 Å². The summed E-state index contributed by atoms with van der Waals surface area (Å²) in [6.45, 7) is 5.57. The lowest BCUT2D eigenvalue weighted by Crippen LogP contribution is -2.16. The first-order valence-electron chi connectivity index (χ1n) is 8.05. The zero-order valence-electron chi connectivity index (χ0n) is 15.0. The van der Waals surface area contributed by atoms with Crippen molar-refractivity contribution >= 4 is 17.3 Å². The molecule has 0 bridgehead atoms. The second kappa shape index (κ2) is 7.96. The Balaban J connectivity index is 2.26. The number of carbonyl (C=O) groups is 1. The highest BCUT2D eigenvalue weighted by atomic mass is 19.4. The number of halogens is 3. The summed E-state index contributed by atoms with van der Waals surface area (Å²) in [5.41, 5.74) is 1.79. The Morgan fingerprint density at radius 1 is 1.11 bits per heavy atom. The largest absolute Gasteiger partial charge is 0.418 e. The first-order chi connectivity index (χ1) is 12.6. The van der Waals surface area contributed by atoms with Crippen LogP contribution in [0.1, 0.15) is 22.3 Å². The number of hydrogen-bond donors (Lipinski definition) is 2. The van der Waals surface area contributed by atoms with Crippen molar-refractivity contribution in [2.45, 2.75) is 26.9 Å². The van der Waals surface area contributed by atoms with Gasteiger partial charge in [0.1, 0.15) is 11.6 Å². The highest BCUT2D eigenvalue weighted by Crippen LogP contribution is 2.34. The number of nitrogens with one attached hydrogen (secondary N) is 2. The van der Waals surface area contributed by atoms with Crippen LogP contribution in [0, 0.1) is 32.1 Å². The normalized spacial score (nSPS) is 11.7. The van der Waals surface area contributed by atoms with Crippen LogP contribution < -0.4 is 10.6 Å². The number of carbonyl (C=O) groups excluding carboxylic acids is 1. The molecule has 2 rings (SSSR count). The second-order valence-corrected chi connectivity index (χ2v) is 6.09. The minimum Gasteiger partial charge on any atom is -0.360 e. The molecule has 2 N–H and O–H groups in total. The van der Waals surface area contributed by atoms with E-state index in [9.17, 15) is 23.2 Å². The van der Waals surface area contributed by atoms with Gasteiger partial charge in [-0.3, -0.25) is 4.79 Å². The Morgan fingerprint density at radius 3 is 2.26 bits per heavy atom. The summed E-state index contributed by atoms with van der Waals surface area (Å²) in [5, 5.41) is 14.3. The predicted octanol–water partition coefficient (Wildman–Crippen LogP) is 5.09. The standard InChI is InChI=1S/C20H18F3N3O/c1-12-8-13(2)18(14(3)9-12)26-19(27)15(10-24)11-25-17-7-5-4-6-16(17)20(21,22)23/h4-9,11,25H,1-3H3,(H,26,27)/b15-11-. The van der Waals surface area contributed by atoms with Gasteiger partial charge < -0.3 is 10.6 Å². The van der Waals surface area contributed by atoms with Gasteiger partial charge in [0.2, 0.25) is 0 Å². The van der Waals surface area contributed by atoms with Crippen molar-refractivity contribution in [3.8, 4) is 6.07 Å². The lowest BCUT2D eigenvalue weighted by molar-refractivity contribution is -0.136. The summed E-state index contributed by atoms with van der Waals surface area (Å²) in [6.07, 6.45) is -3.58. The number of aryl methyl sites for hydroxylation is 3. The molecular weight excluding hydrogens is 355 g/mol. The van der Waals surface area contributed by atoms with E-state index < -0.39 is 17.6 Å². The third-order valence-electron chi connectivity index (χ3n) is 3.89. The molecule has 0 aliphatic rings. The summed E-state index contributed by atoms with van der Waals surface area (Å²) < 4.78 is 39.1. The van der Waals surface area contributed by atoms with Crippen LogP contribution >= 0.6 is 0 Å². The number of nitrogens with zero attached hydrogens (tertiary/aromatic N) is 1. The van der Waals surface area contributed by atoms with Gasteiger partial charge >= 0.3 is 6.18 Å². The molecule has 0 fully saturated rings. The molecule has 27 heavy (non-hydrogen) atoms. The van der Waals surface area contributed by atoms with Crippen LogP contribution in [0.2, 0.25) is 0 Å². The van der Waals surface area contributed by atoms with Gasteiger partial charge in [0.05, 0.1) is 11.3 Å². The monoisotopic (exact) mass is 373 g/mol. The zero-order valence-corrected chi connectivity index (χ0v) is 15.0. The molecule has 7 heteroatoms. The molecular formula is C20H18F3N3O. The maximum atomic E-state index is 13.0. The number of alkyl halides is 3. The average molecular weight is 373 g/mol. The maximum absolute atomic E-state index is 13.0. The Bertz CT molecular complexity index is 917. The third-order valence-corrected chi connectivity index (χ3v) is 3.89. The number of rotatable bonds is 4. The number of nitriles is 1. The Morgan fingerprint density at radius 2 is 1.70 bits per heavy atom. The summed E-state index contributed by atoms with van der Waals surface area (Å²) in [4.78, 5) is 12.4. The van der Waals surface area contributed by atoms with E-state index in [-0.39, 0.29) is 11.3 Å². The minimum atomic E-state index is -4.55. The molecule has 0 saturated carbocycles. The lowest BCUT2D eigenvalue weighted by atomic mass is 10.0. The summed E-state index contributed by atoms with van der Waals surface area (Å²) in [5.74, 6) is -0.704. The van der Waals surface area contributed by atoms with E-state index in [4.69, 9.17) is 0 Å². The summed E-state index contributed by atoms with van der Waals surface area (Å²) >= 11 is 0. The van der Waals surface area contributed by atoms with Gasteiger partial charge in [-0.15, -0.1) is 0 Å². The highest BCUT2D eigenvalue weighted by Gasteiger charge is 2.33. The van der Waals surface area contributed by atoms with E-state index in [1.54, 1.807) is 6.07 Å². The fourth-order valence-corrected chi connectivity index (χ4v) is 2.71. The van der Waals surface area contributed by atoms with Crippen molar-refractivity contribution in [3.05, 3.63) is 70.4 Å². The molecule has 0 unspecified atom stereocenters. The van der Waals surface area contributed by atoms with E-state index in [0.717, 1.165) is 29.0 Å². The van der Waals surface area contributed by atoms with Crippen molar-refractivity contribution in [2.75, 3.05) is 10.6 Å². The molecule has 0 aliphatic heterocycles. The quantitative estimate of drug-likeness (QED) is 0.580.